The summed E-state index contributed by atoms with van der Waals surface area (Å²) < 4.78 is 11.3. The highest BCUT2D eigenvalue weighted by Crippen LogP contribution is 2.24. The molecule has 0 aliphatic carbocycles. The van der Waals surface area contributed by atoms with Gasteiger partial charge in [0.15, 0.2) is 0 Å². The van der Waals surface area contributed by atoms with Gasteiger partial charge in [-0.2, -0.15) is 0 Å². The summed E-state index contributed by atoms with van der Waals surface area (Å²) in [5, 5.41) is 8.83. The van der Waals surface area contributed by atoms with E-state index < -0.39 is 0 Å². The number of anilines is 2. The van der Waals surface area contributed by atoms with Gasteiger partial charge in [-0.25, -0.2) is 0 Å². The lowest BCUT2D eigenvalue weighted by Crippen LogP contribution is -2.31. The Kier molecular flexibility index (Phi) is 8.29. The van der Waals surface area contributed by atoms with Gasteiger partial charge in [-0.05, 0) is 49.1 Å². The molecule has 1 fully saturated rings. The van der Waals surface area contributed by atoms with Crippen molar-refractivity contribution >= 4 is 23.2 Å². The van der Waals surface area contributed by atoms with Crippen molar-refractivity contribution in [1.29, 1.82) is 0 Å². The summed E-state index contributed by atoms with van der Waals surface area (Å²) in [6.45, 7) is 6.10. The molecule has 0 bridgehead atoms. The zero-order valence-electron chi connectivity index (χ0n) is 18.1. The van der Waals surface area contributed by atoms with Gasteiger partial charge >= 0.3 is 0 Å². The van der Waals surface area contributed by atoms with Crippen LogP contribution in [0.25, 0.3) is 0 Å². The number of benzene rings is 2. The van der Waals surface area contributed by atoms with E-state index in [1.165, 1.54) is 0 Å². The molecule has 1 aliphatic heterocycles. The predicted octanol–water partition coefficient (Wildman–Crippen LogP) is 3.68. The van der Waals surface area contributed by atoms with Crippen LogP contribution < -0.4 is 20.7 Å². The maximum atomic E-state index is 12.4. The third kappa shape index (κ3) is 7.29. The zero-order chi connectivity index (χ0) is 22.1. The van der Waals surface area contributed by atoms with Crippen molar-refractivity contribution in [3.8, 4) is 5.75 Å². The average Bonchev–Trinajstić information content (AvgIpc) is 3.29. The number of carbonyl (C=O) groups excluding carboxylic acids is 2. The monoisotopic (exact) mass is 425 g/mol. The first-order valence-electron chi connectivity index (χ1n) is 10.8. The molecule has 1 aliphatic rings. The largest absolute Gasteiger partial charge is 0.491 e. The van der Waals surface area contributed by atoms with Crippen LogP contribution in [0.3, 0.4) is 0 Å². The van der Waals surface area contributed by atoms with Crippen LogP contribution in [-0.2, 0) is 9.53 Å². The van der Waals surface area contributed by atoms with Gasteiger partial charge in [0, 0.05) is 24.4 Å². The molecule has 0 saturated carbocycles. The van der Waals surface area contributed by atoms with Crippen LogP contribution in [0.15, 0.2) is 48.5 Å². The zero-order valence-corrected chi connectivity index (χ0v) is 18.1. The van der Waals surface area contributed by atoms with Gasteiger partial charge in [0.2, 0.25) is 5.91 Å². The SMILES string of the molecule is CC(C)COc1ccccc1NCC(=O)Nc1cccc(C(=O)NCC2CCCO2)c1. The van der Waals surface area contributed by atoms with Crippen LogP contribution in [0, 0.1) is 5.92 Å². The molecule has 1 unspecified atom stereocenters. The Bertz CT molecular complexity index is 879. The van der Waals surface area contributed by atoms with Crippen LogP contribution in [0.2, 0.25) is 0 Å². The molecule has 1 heterocycles. The Morgan fingerprint density at radius 3 is 2.77 bits per heavy atom. The van der Waals surface area contributed by atoms with Crippen molar-refractivity contribution in [2.75, 3.05) is 36.9 Å². The Hall–Kier alpha value is -3.06. The van der Waals surface area contributed by atoms with Crippen molar-refractivity contribution in [2.45, 2.75) is 32.8 Å². The molecule has 3 N–H and O–H groups in total. The van der Waals surface area contributed by atoms with Crippen molar-refractivity contribution in [3.63, 3.8) is 0 Å². The number of ether oxygens (including phenoxy) is 2. The second kappa shape index (κ2) is 11.4. The van der Waals surface area contributed by atoms with Crippen molar-refractivity contribution in [1.82, 2.24) is 5.32 Å². The molecular weight excluding hydrogens is 394 g/mol. The smallest absolute Gasteiger partial charge is 0.251 e. The Morgan fingerprint density at radius 2 is 2.00 bits per heavy atom. The predicted molar refractivity (Wildman–Crippen MR) is 122 cm³/mol. The van der Waals surface area contributed by atoms with E-state index in [1.807, 2.05) is 24.3 Å². The fourth-order valence-corrected chi connectivity index (χ4v) is 3.23. The van der Waals surface area contributed by atoms with Gasteiger partial charge in [-0.1, -0.05) is 32.0 Å². The first kappa shape index (κ1) is 22.6. The second-order valence-corrected chi connectivity index (χ2v) is 8.03. The van der Waals surface area contributed by atoms with Crippen LogP contribution in [0.5, 0.6) is 5.75 Å². The summed E-state index contributed by atoms with van der Waals surface area (Å²) in [5.41, 5.74) is 1.83. The summed E-state index contributed by atoms with van der Waals surface area (Å²) in [7, 11) is 0. The molecular formula is C24H31N3O4. The van der Waals surface area contributed by atoms with E-state index in [2.05, 4.69) is 29.8 Å². The highest BCUT2D eigenvalue weighted by atomic mass is 16.5. The number of amides is 2. The van der Waals surface area contributed by atoms with Crippen LogP contribution in [-0.4, -0.2) is 44.2 Å². The molecule has 2 aromatic rings. The first-order chi connectivity index (χ1) is 15.0. The molecule has 0 spiro atoms. The maximum absolute atomic E-state index is 12.4. The minimum atomic E-state index is -0.212. The van der Waals surface area contributed by atoms with Crippen molar-refractivity contribution < 1.29 is 19.1 Å². The Balaban J connectivity index is 1.50. The number of para-hydroxylation sites is 2. The number of hydrogen-bond donors (Lipinski definition) is 3. The van der Waals surface area contributed by atoms with Crippen LogP contribution >= 0.6 is 0 Å². The second-order valence-electron chi connectivity index (χ2n) is 8.03. The van der Waals surface area contributed by atoms with Gasteiger partial charge in [-0.15, -0.1) is 0 Å². The standard InChI is InChI=1S/C24H31N3O4/c1-17(2)16-31-22-11-4-3-10-21(22)25-15-23(28)27-19-8-5-7-18(13-19)24(29)26-14-20-9-6-12-30-20/h3-5,7-8,10-11,13,17,20,25H,6,9,12,14-16H2,1-2H3,(H,26,29)(H,27,28). The van der Waals surface area contributed by atoms with E-state index in [-0.39, 0.29) is 24.5 Å². The number of carbonyl (C=O) groups is 2. The van der Waals surface area contributed by atoms with E-state index in [4.69, 9.17) is 9.47 Å². The highest BCUT2D eigenvalue weighted by Gasteiger charge is 2.17. The molecule has 3 rings (SSSR count). The Morgan fingerprint density at radius 1 is 1.16 bits per heavy atom. The van der Waals surface area contributed by atoms with Crippen molar-refractivity contribution in [3.05, 3.63) is 54.1 Å². The normalized spacial score (nSPS) is 15.5. The lowest BCUT2D eigenvalue weighted by atomic mass is 10.1. The molecule has 1 saturated heterocycles. The number of hydrogen-bond acceptors (Lipinski definition) is 5. The quantitative estimate of drug-likeness (QED) is 0.540. The maximum Gasteiger partial charge on any atom is 0.251 e. The van der Waals surface area contributed by atoms with Crippen molar-refractivity contribution in [2.24, 2.45) is 5.92 Å². The van der Waals surface area contributed by atoms with Gasteiger partial charge in [-0.3, -0.25) is 9.59 Å². The van der Waals surface area contributed by atoms with E-state index in [9.17, 15) is 9.59 Å². The van der Waals surface area contributed by atoms with Gasteiger partial charge < -0.3 is 25.4 Å². The fraction of sp³-hybridized carbons (Fsp3) is 0.417. The molecule has 166 valence electrons. The molecule has 2 amide bonds. The lowest BCUT2D eigenvalue weighted by Gasteiger charge is -2.14. The summed E-state index contributed by atoms with van der Waals surface area (Å²) in [6.07, 6.45) is 2.09. The number of nitrogens with one attached hydrogen (secondary N) is 3. The molecule has 31 heavy (non-hydrogen) atoms. The molecule has 7 heteroatoms. The minimum absolute atomic E-state index is 0.0808. The van der Waals surface area contributed by atoms with E-state index in [0.29, 0.717) is 36.1 Å². The van der Waals surface area contributed by atoms with Gasteiger partial charge in [0.25, 0.3) is 5.91 Å². The van der Waals surface area contributed by atoms with Gasteiger partial charge in [0.1, 0.15) is 5.75 Å². The van der Waals surface area contributed by atoms with E-state index >= 15 is 0 Å². The summed E-state index contributed by atoms with van der Waals surface area (Å²) >= 11 is 0. The number of rotatable bonds is 10. The molecule has 0 aromatic heterocycles. The Labute approximate surface area is 183 Å². The molecule has 2 aromatic carbocycles. The summed E-state index contributed by atoms with van der Waals surface area (Å²) in [5.74, 6) is 0.733. The van der Waals surface area contributed by atoms with Crippen LogP contribution in [0.1, 0.15) is 37.0 Å². The minimum Gasteiger partial charge on any atom is -0.491 e. The first-order valence-corrected chi connectivity index (χ1v) is 10.8. The third-order valence-electron chi connectivity index (χ3n) is 4.82. The summed E-state index contributed by atoms with van der Waals surface area (Å²) in [6, 6.07) is 14.4. The fourth-order valence-electron chi connectivity index (χ4n) is 3.23. The average molecular weight is 426 g/mol. The molecule has 1 atom stereocenters. The van der Waals surface area contributed by atoms with Crippen LogP contribution in [0.4, 0.5) is 11.4 Å². The molecule has 0 radical (unpaired) electrons. The molecule has 7 nitrogen and oxygen atoms in total. The third-order valence-corrected chi connectivity index (χ3v) is 4.82. The highest BCUT2D eigenvalue weighted by molar-refractivity contribution is 5.98. The van der Waals surface area contributed by atoms with E-state index in [1.54, 1.807) is 24.3 Å². The summed E-state index contributed by atoms with van der Waals surface area (Å²) in [4.78, 5) is 24.8. The topological polar surface area (TPSA) is 88.7 Å². The van der Waals surface area contributed by atoms with Gasteiger partial charge in [0.05, 0.1) is 24.9 Å². The van der Waals surface area contributed by atoms with E-state index in [0.717, 1.165) is 25.1 Å². The lowest BCUT2D eigenvalue weighted by molar-refractivity contribution is -0.114.